The molecule has 6 rings (SSSR count). The van der Waals surface area contributed by atoms with E-state index in [4.69, 9.17) is 9.97 Å². The van der Waals surface area contributed by atoms with Gasteiger partial charge in [-0.15, -0.1) is 0 Å². The Labute approximate surface area is 195 Å². The van der Waals surface area contributed by atoms with Crippen molar-refractivity contribution in [1.29, 1.82) is 0 Å². The summed E-state index contributed by atoms with van der Waals surface area (Å²) in [6.07, 6.45) is 5.42. The predicted molar refractivity (Wildman–Crippen MR) is 134 cm³/mol. The molecule has 0 atom stereocenters. The van der Waals surface area contributed by atoms with E-state index in [0.29, 0.717) is 17.6 Å². The number of H-pyrrole nitrogens is 2. The molecule has 0 saturated carbocycles. The lowest BCUT2D eigenvalue weighted by atomic mass is 10.1. The SMILES string of the molecule is CC(C)Nc1cncc(-c2ccc3[nH]nc(-c4nc5c(-c6ccccn6)cccc5[nH]4)c3n2)c1. The highest BCUT2D eigenvalue weighted by molar-refractivity contribution is 5.95. The second-order valence-corrected chi connectivity index (χ2v) is 8.43. The fourth-order valence-corrected chi connectivity index (χ4v) is 4.09. The van der Waals surface area contributed by atoms with E-state index in [0.717, 1.165) is 50.3 Å². The summed E-state index contributed by atoms with van der Waals surface area (Å²) in [4.78, 5) is 22.1. The Morgan fingerprint density at radius 1 is 0.853 bits per heavy atom. The monoisotopic (exact) mass is 446 g/mol. The van der Waals surface area contributed by atoms with Gasteiger partial charge in [-0.05, 0) is 50.2 Å². The van der Waals surface area contributed by atoms with Crippen molar-refractivity contribution in [3.63, 3.8) is 0 Å². The molecule has 8 nitrogen and oxygen atoms in total. The van der Waals surface area contributed by atoms with Gasteiger partial charge in [0.1, 0.15) is 5.52 Å². The Kier molecular flexibility index (Phi) is 4.76. The first-order valence-electron chi connectivity index (χ1n) is 11.1. The zero-order chi connectivity index (χ0) is 23.1. The molecule has 0 aliphatic heterocycles. The van der Waals surface area contributed by atoms with E-state index in [1.807, 2.05) is 60.9 Å². The van der Waals surface area contributed by atoms with Crippen LogP contribution < -0.4 is 5.32 Å². The summed E-state index contributed by atoms with van der Waals surface area (Å²) in [5.74, 6) is 0.655. The molecule has 1 aromatic carbocycles. The van der Waals surface area contributed by atoms with E-state index in [-0.39, 0.29) is 0 Å². The number of para-hydroxylation sites is 1. The highest BCUT2D eigenvalue weighted by Crippen LogP contribution is 2.31. The lowest BCUT2D eigenvalue weighted by Gasteiger charge is -2.10. The third-order valence-corrected chi connectivity index (χ3v) is 5.57. The zero-order valence-corrected chi connectivity index (χ0v) is 18.7. The Morgan fingerprint density at radius 3 is 2.65 bits per heavy atom. The van der Waals surface area contributed by atoms with Gasteiger partial charge >= 0.3 is 0 Å². The summed E-state index contributed by atoms with van der Waals surface area (Å²) in [5.41, 5.74) is 8.58. The van der Waals surface area contributed by atoms with Gasteiger partial charge in [-0.1, -0.05) is 18.2 Å². The van der Waals surface area contributed by atoms with Crippen molar-refractivity contribution in [2.24, 2.45) is 0 Å². The Morgan fingerprint density at radius 2 is 1.79 bits per heavy atom. The lowest BCUT2D eigenvalue weighted by molar-refractivity contribution is 0.898. The zero-order valence-electron chi connectivity index (χ0n) is 18.7. The van der Waals surface area contributed by atoms with Crippen LogP contribution >= 0.6 is 0 Å². The van der Waals surface area contributed by atoms with E-state index >= 15 is 0 Å². The summed E-state index contributed by atoms with van der Waals surface area (Å²) in [6, 6.07) is 18.2. The molecule has 0 fully saturated rings. The van der Waals surface area contributed by atoms with E-state index < -0.39 is 0 Å². The van der Waals surface area contributed by atoms with Gasteiger partial charge in [0.25, 0.3) is 0 Å². The van der Waals surface area contributed by atoms with Crippen LogP contribution in [-0.4, -0.2) is 41.2 Å². The molecule has 8 heteroatoms. The van der Waals surface area contributed by atoms with Gasteiger partial charge in [-0.3, -0.25) is 15.1 Å². The van der Waals surface area contributed by atoms with Gasteiger partial charge in [-0.25, -0.2) is 9.97 Å². The molecule has 0 bridgehead atoms. The normalized spacial score (nSPS) is 11.5. The van der Waals surface area contributed by atoms with Crippen LogP contribution in [0, 0.1) is 0 Å². The van der Waals surface area contributed by atoms with Crippen molar-refractivity contribution in [2.75, 3.05) is 5.32 Å². The molecule has 0 spiro atoms. The quantitative estimate of drug-likeness (QED) is 0.325. The summed E-state index contributed by atoms with van der Waals surface area (Å²) in [6.45, 7) is 4.20. The van der Waals surface area contributed by atoms with Gasteiger partial charge in [0.15, 0.2) is 11.5 Å². The fourth-order valence-electron chi connectivity index (χ4n) is 4.09. The molecule has 0 aliphatic carbocycles. The minimum atomic E-state index is 0.317. The maximum absolute atomic E-state index is 4.92. The molecule has 34 heavy (non-hydrogen) atoms. The lowest BCUT2D eigenvalue weighted by Crippen LogP contribution is -2.09. The minimum absolute atomic E-state index is 0.317. The second kappa shape index (κ2) is 8.08. The Hall–Kier alpha value is -4.59. The number of benzene rings is 1. The molecule has 5 heterocycles. The van der Waals surface area contributed by atoms with Gasteiger partial charge in [0.2, 0.25) is 0 Å². The largest absolute Gasteiger partial charge is 0.382 e. The van der Waals surface area contributed by atoms with Gasteiger partial charge in [-0.2, -0.15) is 5.10 Å². The minimum Gasteiger partial charge on any atom is -0.382 e. The first-order chi connectivity index (χ1) is 16.7. The molecule has 0 saturated heterocycles. The van der Waals surface area contributed by atoms with Crippen molar-refractivity contribution in [3.8, 4) is 34.0 Å². The summed E-state index contributed by atoms with van der Waals surface area (Å²) >= 11 is 0. The van der Waals surface area contributed by atoms with Crippen molar-refractivity contribution >= 4 is 27.8 Å². The van der Waals surface area contributed by atoms with Crippen LogP contribution in [-0.2, 0) is 0 Å². The number of aromatic amines is 2. The molecule has 166 valence electrons. The standard InChI is InChI=1S/C26H22N8/c1-15(2)29-17-12-16(13-27-14-17)19-9-10-22-24(30-19)25(34-33-22)26-31-21-8-5-6-18(23(21)32-26)20-7-3-4-11-28-20/h3-15,29H,1-2H3,(H,31,32)(H,33,34). The number of anilines is 1. The summed E-state index contributed by atoms with van der Waals surface area (Å²) in [7, 11) is 0. The molecule has 6 aromatic rings. The van der Waals surface area contributed by atoms with Crippen molar-refractivity contribution < 1.29 is 0 Å². The molecule has 0 unspecified atom stereocenters. The maximum Gasteiger partial charge on any atom is 0.161 e. The van der Waals surface area contributed by atoms with Gasteiger partial charge in [0.05, 0.1) is 33.6 Å². The van der Waals surface area contributed by atoms with Crippen LogP contribution in [0.15, 0.2) is 73.2 Å². The van der Waals surface area contributed by atoms with Crippen LogP contribution in [0.3, 0.4) is 0 Å². The molecule has 0 amide bonds. The molecule has 0 radical (unpaired) electrons. The highest BCUT2D eigenvalue weighted by Gasteiger charge is 2.17. The second-order valence-electron chi connectivity index (χ2n) is 8.43. The summed E-state index contributed by atoms with van der Waals surface area (Å²) in [5, 5.41) is 11.0. The van der Waals surface area contributed by atoms with Crippen LogP contribution in [0.4, 0.5) is 5.69 Å². The van der Waals surface area contributed by atoms with Crippen LogP contribution in [0.25, 0.3) is 56.1 Å². The van der Waals surface area contributed by atoms with Crippen LogP contribution in [0.1, 0.15) is 13.8 Å². The fraction of sp³-hybridized carbons (Fsp3) is 0.115. The first kappa shape index (κ1) is 20.0. The molecule has 3 N–H and O–H groups in total. The van der Waals surface area contributed by atoms with Gasteiger partial charge in [0, 0.05) is 35.8 Å². The van der Waals surface area contributed by atoms with E-state index in [2.05, 4.69) is 50.4 Å². The Bertz CT molecular complexity index is 1610. The number of hydrogen-bond donors (Lipinski definition) is 3. The van der Waals surface area contributed by atoms with Gasteiger partial charge < -0.3 is 10.3 Å². The average Bonchev–Trinajstić information content (AvgIpc) is 3.48. The van der Waals surface area contributed by atoms with Crippen LogP contribution in [0.2, 0.25) is 0 Å². The van der Waals surface area contributed by atoms with Crippen molar-refractivity contribution in [1.82, 2.24) is 35.1 Å². The van der Waals surface area contributed by atoms with Crippen LogP contribution in [0.5, 0.6) is 0 Å². The number of rotatable bonds is 5. The smallest absolute Gasteiger partial charge is 0.161 e. The van der Waals surface area contributed by atoms with Crippen molar-refractivity contribution in [3.05, 3.63) is 73.2 Å². The average molecular weight is 447 g/mol. The van der Waals surface area contributed by atoms with E-state index in [1.165, 1.54) is 0 Å². The first-order valence-corrected chi connectivity index (χ1v) is 11.1. The number of imidazole rings is 1. The maximum atomic E-state index is 4.92. The van der Waals surface area contributed by atoms with E-state index in [1.54, 1.807) is 6.20 Å². The Balaban J connectivity index is 1.45. The third-order valence-electron chi connectivity index (χ3n) is 5.57. The number of nitrogens with one attached hydrogen (secondary N) is 3. The number of aromatic nitrogens is 7. The molecular weight excluding hydrogens is 424 g/mol. The number of nitrogens with zero attached hydrogens (tertiary/aromatic N) is 5. The van der Waals surface area contributed by atoms with Crippen molar-refractivity contribution in [2.45, 2.75) is 19.9 Å². The number of fused-ring (bicyclic) bond motifs is 2. The molecule has 5 aromatic heterocycles. The molecular formula is C26H22N8. The number of pyridine rings is 3. The predicted octanol–water partition coefficient (Wildman–Crippen LogP) is 5.45. The number of hydrogen-bond acceptors (Lipinski definition) is 6. The molecule has 0 aliphatic rings. The topological polar surface area (TPSA) is 108 Å². The highest BCUT2D eigenvalue weighted by atomic mass is 15.1. The van der Waals surface area contributed by atoms with E-state index in [9.17, 15) is 0 Å². The third kappa shape index (κ3) is 3.55. The summed E-state index contributed by atoms with van der Waals surface area (Å²) < 4.78 is 0.